The van der Waals surface area contributed by atoms with Gasteiger partial charge in [0.05, 0.1) is 5.56 Å². The van der Waals surface area contributed by atoms with E-state index in [1.54, 1.807) is 24.3 Å². The van der Waals surface area contributed by atoms with Gasteiger partial charge in [0.25, 0.3) is 0 Å². The first-order chi connectivity index (χ1) is 6.27. The van der Waals surface area contributed by atoms with Gasteiger partial charge in [-0.2, -0.15) is 12.1 Å². The van der Waals surface area contributed by atoms with Crippen LogP contribution in [-0.2, 0) is 32.7 Å². The maximum absolute atomic E-state index is 10.6. The number of hydrogen-bond acceptors (Lipinski definition) is 2. The summed E-state index contributed by atoms with van der Waals surface area (Å²) in [7, 11) is 0. The third-order valence-corrected chi connectivity index (χ3v) is 1.80. The molecule has 1 N–H and O–H groups in total. The number of fused-ring (bicyclic) bond motifs is 1. The van der Waals surface area contributed by atoms with Gasteiger partial charge in [-0.15, -0.1) is 5.39 Å². The molecule has 2 rings (SSSR count). The maximum atomic E-state index is 10.6. The first-order valence-electron chi connectivity index (χ1n) is 3.77. The fraction of sp³-hybridized carbons (Fsp3) is 0. The van der Waals surface area contributed by atoms with Crippen LogP contribution < -0.4 is 0 Å². The number of carbonyl (C=O) groups is 1. The summed E-state index contributed by atoms with van der Waals surface area (Å²) in [6.45, 7) is 0. The number of aromatic carboxylic acids is 1. The molecule has 0 aliphatic rings. The maximum Gasteiger partial charge on any atom is 0.335 e. The van der Waals surface area contributed by atoms with E-state index in [0.717, 1.165) is 10.9 Å². The molecule has 4 heteroatoms. The number of benzene rings is 1. The van der Waals surface area contributed by atoms with Crippen LogP contribution in [0.5, 0.6) is 0 Å². The molecule has 0 unspecified atom stereocenters. The molecule has 0 saturated heterocycles. The van der Waals surface area contributed by atoms with E-state index in [0.29, 0.717) is 0 Å². The summed E-state index contributed by atoms with van der Waals surface area (Å²) in [5.74, 6) is -0.922. The van der Waals surface area contributed by atoms with Gasteiger partial charge in [-0.1, -0.05) is 24.4 Å². The molecule has 1 aromatic carbocycles. The van der Waals surface area contributed by atoms with Gasteiger partial charge in [0.2, 0.25) is 0 Å². The molecule has 0 saturated carbocycles. The molecule has 1 heterocycles. The summed E-state index contributed by atoms with van der Waals surface area (Å²) in [5, 5.41) is 9.53. The number of aromatic nitrogens is 1. The predicted octanol–water partition coefficient (Wildman–Crippen LogP) is 1.73. The van der Waals surface area contributed by atoms with Gasteiger partial charge >= 0.3 is 5.97 Å². The third kappa shape index (κ3) is 2.17. The summed E-state index contributed by atoms with van der Waals surface area (Å²) in [6, 6.07) is 8.25. The van der Waals surface area contributed by atoms with Gasteiger partial charge in [0, 0.05) is 32.7 Å². The average Bonchev–Trinajstić information content (AvgIpc) is 2.17. The van der Waals surface area contributed by atoms with Crippen LogP contribution in [0.4, 0.5) is 0 Å². The normalized spacial score (nSPS) is 9.43. The second-order valence-corrected chi connectivity index (χ2v) is 2.65. The van der Waals surface area contributed by atoms with Gasteiger partial charge in [-0.3, -0.25) is 0 Å². The zero-order valence-corrected chi connectivity index (χ0v) is 10.1. The van der Waals surface area contributed by atoms with Crippen molar-refractivity contribution in [3.63, 3.8) is 0 Å². The minimum atomic E-state index is -0.922. The zero-order valence-electron chi connectivity index (χ0n) is 7.27. The number of carboxylic acids is 1. The van der Waals surface area contributed by atoms with Crippen LogP contribution in [0.1, 0.15) is 10.4 Å². The number of pyridine rings is 1. The van der Waals surface area contributed by atoms with Crippen molar-refractivity contribution in [2.24, 2.45) is 0 Å². The molecule has 2 aromatic rings. The first-order valence-corrected chi connectivity index (χ1v) is 3.77. The van der Waals surface area contributed by atoms with Crippen LogP contribution >= 0.6 is 0 Å². The molecular formula is C10H6NO2Y-. The molecule has 0 spiro atoms. The van der Waals surface area contributed by atoms with Gasteiger partial charge < -0.3 is 10.1 Å². The Labute approximate surface area is 106 Å². The Kier molecular flexibility index (Phi) is 3.72. The standard InChI is InChI=1S/C10H6NO2.Y/c12-10(13)8-3-4-9-7(6-8)2-1-5-11-9;/h1-4,6H,(H,12,13);/q-1;. The largest absolute Gasteiger partial charge is 0.478 e. The van der Waals surface area contributed by atoms with Crippen LogP contribution in [0.2, 0.25) is 0 Å². The smallest absolute Gasteiger partial charge is 0.335 e. The van der Waals surface area contributed by atoms with Crippen LogP contribution in [0, 0.1) is 6.20 Å². The van der Waals surface area contributed by atoms with Crippen molar-refractivity contribution in [2.75, 3.05) is 0 Å². The quantitative estimate of drug-likeness (QED) is 0.795. The molecule has 1 aromatic heterocycles. The number of nitrogens with zero attached hydrogens (tertiary/aromatic N) is 1. The van der Waals surface area contributed by atoms with Crippen LogP contribution in [0.15, 0.2) is 30.3 Å². The molecule has 3 nitrogen and oxygen atoms in total. The van der Waals surface area contributed by atoms with Gasteiger partial charge in [-0.25, -0.2) is 4.79 Å². The summed E-state index contributed by atoms with van der Waals surface area (Å²) >= 11 is 0. The number of rotatable bonds is 1. The molecule has 1 radical (unpaired) electrons. The Morgan fingerprint density at radius 2 is 2.14 bits per heavy atom. The van der Waals surface area contributed by atoms with E-state index < -0.39 is 5.97 Å². The van der Waals surface area contributed by atoms with E-state index in [2.05, 4.69) is 11.2 Å². The second kappa shape index (κ2) is 4.62. The van der Waals surface area contributed by atoms with Crippen LogP contribution in [0.25, 0.3) is 10.9 Å². The van der Waals surface area contributed by atoms with Crippen molar-refractivity contribution in [2.45, 2.75) is 0 Å². The minimum Gasteiger partial charge on any atom is -0.478 e. The van der Waals surface area contributed by atoms with E-state index in [1.807, 2.05) is 0 Å². The van der Waals surface area contributed by atoms with E-state index in [4.69, 9.17) is 5.11 Å². The molecular weight excluding hydrogens is 255 g/mol. The molecule has 0 fully saturated rings. The summed E-state index contributed by atoms with van der Waals surface area (Å²) in [5.41, 5.74) is 1.04. The van der Waals surface area contributed by atoms with E-state index in [1.165, 1.54) is 6.07 Å². The fourth-order valence-electron chi connectivity index (χ4n) is 1.16. The summed E-state index contributed by atoms with van der Waals surface area (Å²) in [4.78, 5) is 14.6. The molecule has 0 aliphatic heterocycles. The molecule has 14 heavy (non-hydrogen) atoms. The molecule has 67 valence electrons. The van der Waals surface area contributed by atoms with Crippen molar-refractivity contribution in [1.82, 2.24) is 4.98 Å². The van der Waals surface area contributed by atoms with Crippen molar-refractivity contribution >= 4 is 16.9 Å². The topological polar surface area (TPSA) is 50.2 Å². The molecule has 0 atom stereocenters. The average molecular weight is 261 g/mol. The molecule has 0 bridgehead atoms. The van der Waals surface area contributed by atoms with Crippen molar-refractivity contribution < 1.29 is 42.6 Å². The predicted molar refractivity (Wildman–Crippen MR) is 47.5 cm³/mol. The summed E-state index contributed by atoms with van der Waals surface area (Å²) in [6.07, 6.45) is 2.69. The SMILES string of the molecule is O=C(O)c1ccc2n[c-]ccc2c1.[Y]. The Morgan fingerprint density at radius 3 is 2.86 bits per heavy atom. The van der Waals surface area contributed by atoms with Crippen molar-refractivity contribution in [3.8, 4) is 0 Å². The Bertz CT molecular complexity index is 470. The number of hydrogen-bond donors (Lipinski definition) is 1. The van der Waals surface area contributed by atoms with Gasteiger partial charge in [-0.05, 0) is 5.52 Å². The number of carboxylic acid groups (broad SMARTS) is 1. The Balaban J connectivity index is 0.000000980. The monoisotopic (exact) mass is 261 g/mol. The van der Waals surface area contributed by atoms with Crippen molar-refractivity contribution in [3.05, 3.63) is 42.1 Å². The van der Waals surface area contributed by atoms with Crippen molar-refractivity contribution in [1.29, 1.82) is 0 Å². The molecule has 0 aliphatic carbocycles. The van der Waals surface area contributed by atoms with Gasteiger partial charge in [0.15, 0.2) is 0 Å². The van der Waals surface area contributed by atoms with E-state index in [-0.39, 0.29) is 38.3 Å². The Hall–Kier alpha value is -0.796. The van der Waals surface area contributed by atoms with E-state index in [9.17, 15) is 4.79 Å². The van der Waals surface area contributed by atoms with Crippen LogP contribution in [-0.4, -0.2) is 16.1 Å². The summed E-state index contributed by atoms with van der Waals surface area (Å²) < 4.78 is 0. The Morgan fingerprint density at radius 1 is 1.36 bits per heavy atom. The minimum absolute atomic E-state index is 0. The fourth-order valence-corrected chi connectivity index (χ4v) is 1.16. The first kappa shape index (κ1) is 11.3. The van der Waals surface area contributed by atoms with E-state index >= 15 is 0 Å². The zero-order chi connectivity index (χ0) is 9.26. The molecule has 0 amide bonds. The van der Waals surface area contributed by atoms with Gasteiger partial charge in [0.1, 0.15) is 0 Å². The van der Waals surface area contributed by atoms with Crippen LogP contribution in [0.3, 0.4) is 0 Å². The third-order valence-electron chi connectivity index (χ3n) is 1.80. The second-order valence-electron chi connectivity index (χ2n) is 2.65.